The molecule has 1 saturated heterocycles. The van der Waals surface area contributed by atoms with Gasteiger partial charge in [0.1, 0.15) is 17.3 Å². The first-order valence-electron chi connectivity index (χ1n) is 13.5. The summed E-state index contributed by atoms with van der Waals surface area (Å²) in [5.41, 5.74) is 1.20. The molecule has 2 unspecified atom stereocenters. The van der Waals surface area contributed by atoms with Crippen LogP contribution < -0.4 is 15.3 Å². The minimum atomic E-state index is -0.646. The molecule has 4 aromatic heterocycles. The van der Waals surface area contributed by atoms with Gasteiger partial charge >= 0.3 is 5.69 Å². The molecule has 6 heterocycles. The summed E-state index contributed by atoms with van der Waals surface area (Å²) in [6.07, 6.45) is 4.94. The highest BCUT2D eigenvalue weighted by molar-refractivity contribution is 5.90. The van der Waals surface area contributed by atoms with Crippen LogP contribution in [0.1, 0.15) is 45.0 Å². The summed E-state index contributed by atoms with van der Waals surface area (Å²) < 4.78 is 24.6. The van der Waals surface area contributed by atoms with Crippen molar-refractivity contribution in [1.82, 2.24) is 39.4 Å². The molecule has 2 atom stereocenters. The van der Waals surface area contributed by atoms with Crippen molar-refractivity contribution in [3.63, 3.8) is 0 Å². The largest absolute Gasteiger partial charge is 0.491 e. The third-order valence-electron chi connectivity index (χ3n) is 7.56. The van der Waals surface area contributed by atoms with Gasteiger partial charge in [0.25, 0.3) is 0 Å². The molecule has 0 N–H and O–H groups in total. The maximum atomic E-state index is 15.8. The zero-order valence-electron chi connectivity index (χ0n) is 23.3. The minimum absolute atomic E-state index is 0.0769. The predicted octanol–water partition coefficient (Wildman–Crippen LogP) is 2.57. The molecule has 0 aromatic carbocycles. The monoisotopic (exact) mass is 559 g/mol. The lowest BCUT2D eigenvalue weighted by Crippen LogP contribution is -2.58. The number of ether oxygens (including phenoxy) is 1. The number of rotatable bonds is 3. The van der Waals surface area contributed by atoms with Crippen molar-refractivity contribution in [2.75, 3.05) is 24.6 Å². The number of halogens is 1. The molecule has 1 amide bonds. The number of nitrogens with zero attached hydrogens (tertiary/aromatic N) is 9. The van der Waals surface area contributed by atoms with Gasteiger partial charge in [-0.05, 0) is 31.9 Å². The number of hydrogen-bond donors (Lipinski definition) is 0. The number of carbonyl (C=O) groups is 1. The Bertz CT molecular complexity index is 1750. The van der Waals surface area contributed by atoms with E-state index < -0.39 is 11.5 Å². The summed E-state index contributed by atoms with van der Waals surface area (Å²) in [5, 5.41) is 8.55. The second kappa shape index (κ2) is 10.1. The Hall–Kier alpha value is -4.68. The summed E-state index contributed by atoms with van der Waals surface area (Å²) >= 11 is 0. The molecule has 0 radical (unpaired) electrons. The zero-order chi connectivity index (χ0) is 29.0. The van der Waals surface area contributed by atoms with Crippen LogP contribution in [0.2, 0.25) is 0 Å². The van der Waals surface area contributed by atoms with Crippen molar-refractivity contribution >= 4 is 22.8 Å². The molecule has 212 valence electrons. The normalized spacial score (nSPS) is 18.6. The van der Waals surface area contributed by atoms with E-state index in [1.165, 1.54) is 21.4 Å². The van der Waals surface area contributed by atoms with Gasteiger partial charge in [-0.15, -0.1) is 5.10 Å². The second-order valence-electron chi connectivity index (χ2n) is 10.7. The zero-order valence-corrected chi connectivity index (χ0v) is 23.3. The van der Waals surface area contributed by atoms with Crippen LogP contribution in [0.25, 0.3) is 22.5 Å². The van der Waals surface area contributed by atoms with Gasteiger partial charge in [0.15, 0.2) is 17.3 Å². The van der Waals surface area contributed by atoms with Gasteiger partial charge in [-0.2, -0.15) is 9.67 Å². The number of amides is 1. The molecule has 13 heteroatoms. The smallest absolute Gasteiger partial charge is 0.356 e. The van der Waals surface area contributed by atoms with E-state index >= 15 is 4.39 Å². The SMILES string of the molecule is C=CC(=O)N1CC(C)N(c2nc(=O)n3c4nc(c(F)cc24)-n2cc(nn2)CCOc2ccnc(C(C)C)c2-3)CC1C. The molecule has 1 fully saturated rings. The van der Waals surface area contributed by atoms with E-state index in [4.69, 9.17) is 4.74 Å². The van der Waals surface area contributed by atoms with Crippen LogP contribution in [-0.2, 0) is 11.2 Å². The van der Waals surface area contributed by atoms with Crippen LogP contribution in [-0.4, -0.2) is 77.1 Å². The number of anilines is 1. The van der Waals surface area contributed by atoms with E-state index in [0.717, 1.165) is 0 Å². The van der Waals surface area contributed by atoms with Crippen molar-refractivity contribution in [3.8, 4) is 17.3 Å². The first-order chi connectivity index (χ1) is 19.7. The van der Waals surface area contributed by atoms with Gasteiger partial charge < -0.3 is 14.5 Å². The molecule has 6 rings (SSSR count). The molecular formula is C28H30FN9O3. The first-order valence-corrected chi connectivity index (χ1v) is 13.5. The van der Waals surface area contributed by atoms with E-state index in [-0.39, 0.29) is 47.8 Å². The lowest BCUT2D eigenvalue weighted by molar-refractivity contribution is -0.128. The fourth-order valence-corrected chi connectivity index (χ4v) is 5.52. The van der Waals surface area contributed by atoms with Gasteiger partial charge in [-0.1, -0.05) is 25.6 Å². The first kappa shape index (κ1) is 26.5. The summed E-state index contributed by atoms with van der Waals surface area (Å²) in [4.78, 5) is 43.9. The molecular weight excluding hydrogens is 529 g/mol. The Labute approximate surface area is 235 Å². The summed E-state index contributed by atoms with van der Waals surface area (Å²) in [6.45, 7) is 12.4. The van der Waals surface area contributed by atoms with Crippen molar-refractivity contribution in [1.29, 1.82) is 0 Å². The van der Waals surface area contributed by atoms with Gasteiger partial charge in [0, 0.05) is 43.9 Å². The fraction of sp³-hybridized carbons (Fsp3) is 0.393. The Morgan fingerprint density at radius 1 is 1.20 bits per heavy atom. The van der Waals surface area contributed by atoms with Gasteiger partial charge in [-0.3, -0.25) is 9.78 Å². The molecule has 12 nitrogen and oxygen atoms in total. The molecule has 2 aliphatic heterocycles. The number of pyridine rings is 2. The summed E-state index contributed by atoms with van der Waals surface area (Å²) in [5.74, 6) is -0.274. The summed E-state index contributed by atoms with van der Waals surface area (Å²) in [6, 6.07) is 2.59. The van der Waals surface area contributed by atoms with Crippen LogP contribution >= 0.6 is 0 Å². The third kappa shape index (κ3) is 4.41. The number of carbonyl (C=O) groups excluding carboxylic acids is 1. The van der Waals surface area contributed by atoms with Crippen molar-refractivity contribution in [2.45, 2.75) is 52.1 Å². The molecule has 2 aliphatic rings. The maximum absolute atomic E-state index is 15.8. The van der Waals surface area contributed by atoms with Crippen LogP contribution in [0.4, 0.5) is 10.2 Å². The van der Waals surface area contributed by atoms with E-state index in [1.807, 2.05) is 32.6 Å². The molecule has 4 aromatic rings. The average Bonchev–Trinajstić information content (AvgIpc) is 3.41. The van der Waals surface area contributed by atoms with Gasteiger partial charge in [-0.25, -0.2) is 18.7 Å². The minimum Gasteiger partial charge on any atom is -0.491 e. The Balaban J connectivity index is 1.65. The predicted molar refractivity (Wildman–Crippen MR) is 149 cm³/mol. The number of aromatic nitrogens is 7. The molecule has 0 aliphatic carbocycles. The molecule has 4 bridgehead atoms. The molecule has 41 heavy (non-hydrogen) atoms. The number of piperazine rings is 1. The van der Waals surface area contributed by atoms with Crippen molar-refractivity contribution in [3.05, 3.63) is 64.9 Å². The topological polar surface area (TPSA) is 124 Å². The van der Waals surface area contributed by atoms with Crippen LogP contribution in [0.3, 0.4) is 0 Å². The Morgan fingerprint density at radius 2 is 2.00 bits per heavy atom. The third-order valence-corrected chi connectivity index (χ3v) is 7.56. The fourth-order valence-electron chi connectivity index (χ4n) is 5.52. The Morgan fingerprint density at radius 3 is 2.76 bits per heavy atom. The van der Waals surface area contributed by atoms with Crippen LogP contribution in [0.15, 0.2) is 42.0 Å². The van der Waals surface area contributed by atoms with Crippen molar-refractivity contribution < 1.29 is 13.9 Å². The van der Waals surface area contributed by atoms with E-state index in [9.17, 15) is 9.59 Å². The lowest BCUT2D eigenvalue weighted by atomic mass is 10.1. The second-order valence-corrected chi connectivity index (χ2v) is 10.7. The standard InChI is InChI=1S/C28H30FN9O3/c1-6-22(39)35-12-17(5)36(13-16(35)4)25-19-11-20(29)27-31-26(19)38(28(40)32-25)24-21(7-9-30-23(24)15(2)3)41-10-8-18-14-37(27)34-33-18/h6-7,9,11,14-17H,1,8,10,12-13H2,2-5H3. The number of fused-ring (bicyclic) bond motifs is 6. The summed E-state index contributed by atoms with van der Waals surface area (Å²) in [7, 11) is 0. The average molecular weight is 560 g/mol. The lowest BCUT2D eigenvalue weighted by Gasteiger charge is -2.44. The van der Waals surface area contributed by atoms with Gasteiger partial charge in [0.2, 0.25) is 5.91 Å². The van der Waals surface area contributed by atoms with Gasteiger partial charge in [0.05, 0.1) is 29.6 Å². The molecule has 0 saturated carbocycles. The highest BCUT2D eigenvalue weighted by atomic mass is 19.1. The van der Waals surface area contributed by atoms with Crippen molar-refractivity contribution in [2.24, 2.45) is 0 Å². The highest BCUT2D eigenvalue weighted by Gasteiger charge is 2.34. The van der Waals surface area contributed by atoms with Crippen LogP contribution in [0.5, 0.6) is 5.75 Å². The Kier molecular flexibility index (Phi) is 6.51. The maximum Gasteiger partial charge on any atom is 0.356 e. The quantitative estimate of drug-likeness (QED) is 0.348. The van der Waals surface area contributed by atoms with Crippen LogP contribution in [0, 0.1) is 5.82 Å². The number of hydrogen-bond acceptors (Lipinski definition) is 9. The van der Waals surface area contributed by atoms with E-state index in [2.05, 4.69) is 31.8 Å². The van der Waals surface area contributed by atoms with E-state index in [0.29, 0.717) is 47.7 Å². The highest BCUT2D eigenvalue weighted by Crippen LogP contribution is 2.35. The van der Waals surface area contributed by atoms with E-state index in [1.54, 1.807) is 23.4 Å². The molecule has 0 spiro atoms.